The number of halogens is 1. The van der Waals surface area contributed by atoms with Crippen LogP contribution >= 0.6 is 11.6 Å². The first-order valence-corrected chi connectivity index (χ1v) is 3.90. The molecule has 0 aromatic carbocycles. The molecule has 0 fully saturated rings. The first-order valence-electron chi connectivity index (χ1n) is 3.52. The maximum Gasteiger partial charge on any atom is 0.128 e. The molecule has 1 aromatic heterocycles. The first-order chi connectivity index (χ1) is 5.65. The second-order valence-corrected chi connectivity index (χ2v) is 2.95. The van der Waals surface area contributed by atoms with E-state index in [-0.39, 0.29) is 6.04 Å². The van der Waals surface area contributed by atoms with Gasteiger partial charge in [-0.25, -0.2) is 4.98 Å². The highest BCUT2D eigenvalue weighted by Gasteiger charge is 2.08. The maximum absolute atomic E-state index is 5.73. The van der Waals surface area contributed by atoms with Crippen LogP contribution in [0.3, 0.4) is 0 Å². The Bertz CT molecular complexity index is 276. The number of nitrogen functional groups attached to an aromatic ring is 1. The SMILES string of the molecule is CC(NN)c1cc(Cl)cnc1N. The molecule has 0 aliphatic rings. The second-order valence-electron chi connectivity index (χ2n) is 2.52. The molecule has 0 aliphatic heterocycles. The fourth-order valence-electron chi connectivity index (χ4n) is 0.902. The van der Waals surface area contributed by atoms with Gasteiger partial charge in [0.1, 0.15) is 5.82 Å². The summed E-state index contributed by atoms with van der Waals surface area (Å²) >= 11 is 5.73. The molecule has 1 rings (SSSR count). The molecule has 12 heavy (non-hydrogen) atoms. The zero-order valence-corrected chi connectivity index (χ0v) is 7.47. The van der Waals surface area contributed by atoms with Gasteiger partial charge in [0.05, 0.1) is 5.02 Å². The molecular weight excluding hydrogens is 176 g/mol. The zero-order chi connectivity index (χ0) is 9.14. The van der Waals surface area contributed by atoms with Crippen LogP contribution in [0.5, 0.6) is 0 Å². The third-order valence-electron chi connectivity index (χ3n) is 1.63. The van der Waals surface area contributed by atoms with E-state index in [0.717, 1.165) is 5.56 Å². The van der Waals surface area contributed by atoms with Gasteiger partial charge in [0.2, 0.25) is 0 Å². The predicted molar refractivity (Wildman–Crippen MR) is 49.4 cm³/mol. The minimum Gasteiger partial charge on any atom is -0.383 e. The van der Waals surface area contributed by atoms with Crippen molar-refractivity contribution in [2.24, 2.45) is 5.84 Å². The highest BCUT2D eigenvalue weighted by atomic mass is 35.5. The highest BCUT2D eigenvalue weighted by Crippen LogP contribution is 2.20. The number of anilines is 1. The number of hydrazine groups is 1. The molecule has 1 unspecified atom stereocenters. The standard InChI is InChI=1S/C7H11ClN4/c1-4(12-10)6-2-5(8)3-11-7(6)9/h2-4,12H,10H2,1H3,(H2,9,11). The minimum absolute atomic E-state index is 0.0452. The number of pyridine rings is 1. The van der Waals surface area contributed by atoms with Gasteiger partial charge in [0, 0.05) is 17.8 Å². The smallest absolute Gasteiger partial charge is 0.128 e. The molecule has 66 valence electrons. The molecule has 4 nitrogen and oxygen atoms in total. The van der Waals surface area contributed by atoms with Crippen LogP contribution in [-0.2, 0) is 0 Å². The van der Waals surface area contributed by atoms with Crippen LogP contribution in [0.15, 0.2) is 12.3 Å². The Morgan fingerprint density at radius 3 is 2.92 bits per heavy atom. The van der Waals surface area contributed by atoms with Gasteiger partial charge in [-0.15, -0.1) is 0 Å². The van der Waals surface area contributed by atoms with Gasteiger partial charge >= 0.3 is 0 Å². The van der Waals surface area contributed by atoms with Crippen LogP contribution in [0.4, 0.5) is 5.82 Å². The molecular formula is C7H11ClN4. The number of rotatable bonds is 2. The normalized spacial score (nSPS) is 12.9. The summed E-state index contributed by atoms with van der Waals surface area (Å²) in [5, 5.41) is 0.557. The lowest BCUT2D eigenvalue weighted by atomic mass is 10.1. The lowest BCUT2D eigenvalue weighted by Crippen LogP contribution is -2.26. The monoisotopic (exact) mass is 186 g/mol. The van der Waals surface area contributed by atoms with E-state index >= 15 is 0 Å². The quantitative estimate of drug-likeness (QED) is 0.473. The van der Waals surface area contributed by atoms with Crippen LogP contribution in [0.25, 0.3) is 0 Å². The number of hydrogen-bond donors (Lipinski definition) is 3. The third kappa shape index (κ3) is 1.85. The molecule has 0 radical (unpaired) electrons. The van der Waals surface area contributed by atoms with E-state index in [4.69, 9.17) is 23.2 Å². The molecule has 0 spiro atoms. The van der Waals surface area contributed by atoms with Gasteiger partial charge in [-0.2, -0.15) is 0 Å². The van der Waals surface area contributed by atoms with E-state index in [9.17, 15) is 0 Å². The van der Waals surface area contributed by atoms with Crippen molar-refractivity contribution in [1.29, 1.82) is 0 Å². The first kappa shape index (κ1) is 9.25. The van der Waals surface area contributed by atoms with Crippen LogP contribution in [-0.4, -0.2) is 4.98 Å². The van der Waals surface area contributed by atoms with E-state index in [1.54, 1.807) is 6.07 Å². The molecule has 1 atom stereocenters. The van der Waals surface area contributed by atoms with Gasteiger partial charge in [-0.3, -0.25) is 11.3 Å². The highest BCUT2D eigenvalue weighted by molar-refractivity contribution is 6.30. The Morgan fingerprint density at radius 1 is 1.67 bits per heavy atom. The van der Waals surface area contributed by atoms with E-state index in [0.29, 0.717) is 10.8 Å². The van der Waals surface area contributed by atoms with Gasteiger partial charge in [-0.05, 0) is 13.0 Å². The minimum atomic E-state index is -0.0452. The number of nitrogens with one attached hydrogen (secondary N) is 1. The Labute approximate surface area is 75.9 Å². The Morgan fingerprint density at radius 2 is 2.33 bits per heavy atom. The largest absolute Gasteiger partial charge is 0.383 e. The van der Waals surface area contributed by atoms with Crippen molar-refractivity contribution in [2.45, 2.75) is 13.0 Å². The van der Waals surface area contributed by atoms with Crippen molar-refractivity contribution in [3.63, 3.8) is 0 Å². The second kappa shape index (κ2) is 3.71. The lowest BCUT2D eigenvalue weighted by molar-refractivity contribution is 0.602. The summed E-state index contributed by atoms with van der Waals surface area (Å²) in [6, 6.07) is 1.70. The topological polar surface area (TPSA) is 77.0 Å². The lowest BCUT2D eigenvalue weighted by Gasteiger charge is -2.11. The number of nitrogens with zero attached hydrogens (tertiary/aromatic N) is 1. The summed E-state index contributed by atoms with van der Waals surface area (Å²) in [6.45, 7) is 1.88. The zero-order valence-electron chi connectivity index (χ0n) is 6.71. The number of hydrogen-bond acceptors (Lipinski definition) is 4. The molecule has 1 heterocycles. The number of aromatic nitrogens is 1. The summed E-state index contributed by atoms with van der Waals surface area (Å²) in [4.78, 5) is 3.90. The molecule has 0 saturated carbocycles. The summed E-state index contributed by atoms with van der Waals surface area (Å²) < 4.78 is 0. The van der Waals surface area contributed by atoms with E-state index < -0.39 is 0 Å². The van der Waals surface area contributed by atoms with Crippen molar-refractivity contribution >= 4 is 17.4 Å². The summed E-state index contributed by atoms with van der Waals surface area (Å²) in [7, 11) is 0. The maximum atomic E-state index is 5.73. The van der Waals surface area contributed by atoms with Gasteiger partial charge in [0.15, 0.2) is 0 Å². The van der Waals surface area contributed by atoms with E-state index in [1.165, 1.54) is 6.20 Å². The van der Waals surface area contributed by atoms with Gasteiger partial charge < -0.3 is 5.73 Å². The Kier molecular flexibility index (Phi) is 2.86. The van der Waals surface area contributed by atoms with E-state index in [2.05, 4.69) is 10.4 Å². The van der Waals surface area contributed by atoms with Crippen molar-refractivity contribution in [1.82, 2.24) is 10.4 Å². The molecule has 1 aromatic rings. The molecule has 5 heteroatoms. The van der Waals surface area contributed by atoms with Crippen LogP contribution in [0.1, 0.15) is 18.5 Å². The summed E-state index contributed by atoms with van der Waals surface area (Å²) in [5.74, 6) is 5.70. The third-order valence-corrected chi connectivity index (χ3v) is 1.84. The summed E-state index contributed by atoms with van der Waals surface area (Å²) in [6.07, 6.45) is 1.50. The molecule has 0 amide bonds. The van der Waals surface area contributed by atoms with Crippen LogP contribution < -0.4 is 17.0 Å². The fraction of sp³-hybridized carbons (Fsp3) is 0.286. The Balaban J connectivity index is 3.04. The van der Waals surface area contributed by atoms with Crippen molar-refractivity contribution in [3.8, 4) is 0 Å². The van der Waals surface area contributed by atoms with Crippen molar-refractivity contribution < 1.29 is 0 Å². The van der Waals surface area contributed by atoms with Gasteiger partial charge in [-0.1, -0.05) is 11.6 Å². The Hall–Kier alpha value is -0.840. The predicted octanol–water partition coefficient (Wildman–Crippen LogP) is 0.842. The van der Waals surface area contributed by atoms with E-state index in [1.807, 2.05) is 6.92 Å². The number of nitrogens with two attached hydrogens (primary N) is 2. The van der Waals surface area contributed by atoms with Crippen molar-refractivity contribution in [3.05, 3.63) is 22.8 Å². The molecule has 5 N–H and O–H groups in total. The molecule has 0 saturated heterocycles. The molecule has 0 aliphatic carbocycles. The molecule has 0 bridgehead atoms. The van der Waals surface area contributed by atoms with Gasteiger partial charge in [0.25, 0.3) is 0 Å². The fourth-order valence-corrected chi connectivity index (χ4v) is 1.07. The van der Waals surface area contributed by atoms with Crippen molar-refractivity contribution in [2.75, 3.05) is 5.73 Å². The van der Waals surface area contributed by atoms with Crippen LogP contribution in [0.2, 0.25) is 5.02 Å². The average molecular weight is 187 g/mol. The average Bonchev–Trinajstić information content (AvgIpc) is 2.08. The summed E-state index contributed by atoms with van der Waals surface area (Å²) in [5.41, 5.74) is 8.98. The van der Waals surface area contributed by atoms with Crippen LogP contribution in [0, 0.1) is 0 Å².